The fourth-order valence-electron chi connectivity index (χ4n) is 2.17. The molecule has 0 aliphatic rings. The van der Waals surface area contributed by atoms with Crippen molar-refractivity contribution in [3.05, 3.63) is 41.2 Å². The summed E-state index contributed by atoms with van der Waals surface area (Å²) in [5.41, 5.74) is 2.86. The van der Waals surface area contributed by atoms with E-state index < -0.39 is 0 Å². The number of H-pyrrole nitrogens is 1. The van der Waals surface area contributed by atoms with Gasteiger partial charge in [0.05, 0.1) is 10.5 Å². The van der Waals surface area contributed by atoms with Crippen molar-refractivity contribution < 1.29 is 0 Å². The van der Waals surface area contributed by atoms with E-state index in [-0.39, 0.29) is 0 Å². The van der Waals surface area contributed by atoms with Crippen molar-refractivity contribution in [2.75, 3.05) is 17.2 Å². The monoisotopic (exact) mass is 301 g/mol. The maximum atomic E-state index is 6.18. The molecule has 21 heavy (non-hydrogen) atoms. The fourth-order valence-corrected chi connectivity index (χ4v) is 2.39. The normalized spacial score (nSPS) is 10.8. The molecule has 0 amide bonds. The summed E-state index contributed by atoms with van der Waals surface area (Å²) in [5.74, 6) is 1.40. The van der Waals surface area contributed by atoms with Gasteiger partial charge >= 0.3 is 0 Å². The molecule has 0 spiro atoms. The number of benzene rings is 1. The molecule has 0 bridgehead atoms. The predicted octanol–water partition coefficient (Wildman–Crippen LogP) is 4.10. The Morgan fingerprint density at radius 2 is 2.14 bits per heavy atom. The first-order chi connectivity index (χ1) is 10.2. The summed E-state index contributed by atoms with van der Waals surface area (Å²) >= 11 is 6.18. The Morgan fingerprint density at radius 3 is 2.95 bits per heavy atom. The van der Waals surface area contributed by atoms with Crippen LogP contribution in [0.1, 0.15) is 12.5 Å². The van der Waals surface area contributed by atoms with E-state index in [9.17, 15) is 0 Å². The zero-order chi connectivity index (χ0) is 14.8. The number of nitrogens with zero attached hydrogens (tertiary/aromatic N) is 2. The number of hydrogen-bond acceptors (Lipinski definition) is 4. The topological polar surface area (TPSA) is 65.6 Å². The number of aromatic amines is 1. The molecule has 3 rings (SSSR count). The van der Waals surface area contributed by atoms with Gasteiger partial charge in [-0.2, -0.15) is 4.98 Å². The Bertz CT molecular complexity index is 781. The third-order valence-corrected chi connectivity index (χ3v) is 3.55. The summed E-state index contributed by atoms with van der Waals surface area (Å²) < 4.78 is 0. The molecular weight excluding hydrogens is 286 g/mol. The molecule has 0 fully saturated rings. The van der Waals surface area contributed by atoms with Gasteiger partial charge in [-0.15, -0.1) is 0 Å². The van der Waals surface area contributed by atoms with E-state index in [2.05, 4.69) is 25.6 Å². The summed E-state index contributed by atoms with van der Waals surface area (Å²) in [6.45, 7) is 4.77. The van der Waals surface area contributed by atoms with E-state index in [1.54, 1.807) is 6.20 Å². The zero-order valence-electron chi connectivity index (χ0n) is 11.9. The number of halogens is 1. The molecular formula is C15H16ClN5. The second-order valence-corrected chi connectivity index (χ2v) is 5.15. The highest BCUT2D eigenvalue weighted by atomic mass is 35.5. The molecule has 108 valence electrons. The Hall–Kier alpha value is -2.27. The summed E-state index contributed by atoms with van der Waals surface area (Å²) in [6, 6.07) is 5.81. The molecule has 6 heteroatoms. The first-order valence-corrected chi connectivity index (χ1v) is 7.17. The summed E-state index contributed by atoms with van der Waals surface area (Å²) in [6.07, 6.45) is 3.68. The van der Waals surface area contributed by atoms with Crippen LogP contribution in [0.4, 0.5) is 17.5 Å². The standard InChI is InChI=1S/C15H16ClN5/c1-3-17-15-19-8-9(2)14(21-15)20-12-5-4-11(16)13-10(12)6-7-18-13/h4-8,18H,3H2,1-2H3,(H2,17,19,20,21). The van der Waals surface area contributed by atoms with Crippen LogP contribution < -0.4 is 10.6 Å². The lowest BCUT2D eigenvalue weighted by Gasteiger charge is -2.11. The van der Waals surface area contributed by atoms with Crippen LogP contribution in [0.2, 0.25) is 5.02 Å². The van der Waals surface area contributed by atoms with Crippen LogP contribution in [0.5, 0.6) is 0 Å². The molecule has 0 unspecified atom stereocenters. The van der Waals surface area contributed by atoms with Crippen molar-refractivity contribution >= 4 is 40.0 Å². The van der Waals surface area contributed by atoms with Gasteiger partial charge in [0.2, 0.25) is 5.95 Å². The number of fused-ring (bicyclic) bond motifs is 1. The van der Waals surface area contributed by atoms with Gasteiger partial charge in [0.1, 0.15) is 5.82 Å². The van der Waals surface area contributed by atoms with Crippen LogP contribution in [-0.2, 0) is 0 Å². The lowest BCUT2D eigenvalue weighted by molar-refractivity contribution is 1.07. The Balaban J connectivity index is 2.00. The van der Waals surface area contributed by atoms with Gasteiger partial charge in [-0.25, -0.2) is 4.98 Å². The van der Waals surface area contributed by atoms with Crippen molar-refractivity contribution in [2.45, 2.75) is 13.8 Å². The lowest BCUT2D eigenvalue weighted by Crippen LogP contribution is -2.05. The number of aromatic nitrogens is 3. The van der Waals surface area contributed by atoms with Crippen molar-refractivity contribution in [3.8, 4) is 0 Å². The SMILES string of the molecule is CCNc1ncc(C)c(Nc2ccc(Cl)c3[nH]ccc23)n1. The van der Waals surface area contributed by atoms with E-state index in [0.717, 1.165) is 34.5 Å². The van der Waals surface area contributed by atoms with Crippen LogP contribution >= 0.6 is 11.6 Å². The van der Waals surface area contributed by atoms with Gasteiger partial charge in [-0.1, -0.05) is 11.6 Å². The van der Waals surface area contributed by atoms with Crippen LogP contribution in [0.3, 0.4) is 0 Å². The van der Waals surface area contributed by atoms with Crippen LogP contribution in [0.15, 0.2) is 30.6 Å². The summed E-state index contributed by atoms with van der Waals surface area (Å²) in [5, 5.41) is 8.21. The highest BCUT2D eigenvalue weighted by Gasteiger charge is 2.09. The van der Waals surface area contributed by atoms with Gasteiger partial charge in [0.15, 0.2) is 0 Å². The van der Waals surface area contributed by atoms with Crippen molar-refractivity contribution in [2.24, 2.45) is 0 Å². The molecule has 1 aromatic carbocycles. The molecule has 0 saturated heterocycles. The average Bonchev–Trinajstić information content (AvgIpc) is 2.96. The molecule has 0 aliphatic carbocycles. The number of aryl methyl sites for hydroxylation is 1. The molecule has 2 aromatic heterocycles. The molecule has 3 N–H and O–H groups in total. The Kier molecular flexibility index (Phi) is 3.66. The van der Waals surface area contributed by atoms with Gasteiger partial charge in [-0.3, -0.25) is 0 Å². The second-order valence-electron chi connectivity index (χ2n) is 4.74. The lowest BCUT2D eigenvalue weighted by atomic mass is 10.2. The van der Waals surface area contributed by atoms with E-state index in [4.69, 9.17) is 11.6 Å². The van der Waals surface area contributed by atoms with Crippen molar-refractivity contribution in [1.82, 2.24) is 15.0 Å². The molecule has 2 heterocycles. The highest BCUT2D eigenvalue weighted by molar-refractivity contribution is 6.35. The molecule has 0 saturated carbocycles. The smallest absolute Gasteiger partial charge is 0.224 e. The molecule has 0 atom stereocenters. The van der Waals surface area contributed by atoms with Crippen LogP contribution in [-0.4, -0.2) is 21.5 Å². The number of hydrogen-bond donors (Lipinski definition) is 3. The van der Waals surface area contributed by atoms with Crippen molar-refractivity contribution in [1.29, 1.82) is 0 Å². The quantitative estimate of drug-likeness (QED) is 0.679. The second kappa shape index (κ2) is 5.61. The minimum absolute atomic E-state index is 0.616. The molecule has 5 nitrogen and oxygen atoms in total. The largest absolute Gasteiger partial charge is 0.360 e. The average molecular weight is 302 g/mol. The minimum Gasteiger partial charge on any atom is -0.360 e. The predicted molar refractivity (Wildman–Crippen MR) is 87.5 cm³/mol. The number of rotatable bonds is 4. The van der Waals surface area contributed by atoms with E-state index >= 15 is 0 Å². The van der Waals surface area contributed by atoms with E-state index in [1.807, 2.05) is 38.2 Å². The molecule has 3 aromatic rings. The Morgan fingerprint density at radius 1 is 1.29 bits per heavy atom. The van der Waals surface area contributed by atoms with E-state index in [1.165, 1.54) is 0 Å². The summed E-state index contributed by atoms with van der Waals surface area (Å²) in [4.78, 5) is 11.9. The van der Waals surface area contributed by atoms with Crippen LogP contribution in [0.25, 0.3) is 10.9 Å². The highest BCUT2D eigenvalue weighted by Crippen LogP contribution is 2.31. The number of anilines is 3. The van der Waals surface area contributed by atoms with Gasteiger partial charge < -0.3 is 15.6 Å². The maximum absolute atomic E-state index is 6.18. The Labute approximate surface area is 127 Å². The molecule has 0 aliphatic heterocycles. The zero-order valence-corrected chi connectivity index (χ0v) is 12.6. The maximum Gasteiger partial charge on any atom is 0.224 e. The van der Waals surface area contributed by atoms with Crippen molar-refractivity contribution in [3.63, 3.8) is 0 Å². The van der Waals surface area contributed by atoms with Crippen LogP contribution in [0, 0.1) is 6.92 Å². The fraction of sp³-hybridized carbons (Fsp3) is 0.200. The first-order valence-electron chi connectivity index (χ1n) is 6.79. The van der Waals surface area contributed by atoms with Gasteiger partial charge in [0.25, 0.3) is 0 Å². The molecule has 0 radical (unpaired) electrons. The minimum atomic E-state index is 0.616. The van der Waals surface area contributed by atoms with Gasteiger partial charge in [-0.05, 0) is 32.0 Å². The third kappa shape index (κ3) is 2.64. The first kappa shape index (κ1) is 13.7. The number of nitrogens with one attached hydrogen (secondary N) is 3. The van der Waals surface area contributed by atoms with Gasteiger partial charge in [0, 0.05) is 35.6 Å². The third-order valence-electron chi connectivity index (χ3n) is 3.23. The van der Waals surface area contributed by atoms with E-state index in [0.29, 0.717) is 11.0 Å². The summed E-state index contributed by atoms with van der Waals surface area (Å²) in [7, 11) is 0.